The van der Waals surface area contributed by atoms with Crippen molar-refractivity contribution in [3.8, 4) is 22.4 Å². The van der Waals surface area contributed by atoms with Crippen LogP contribution in [0.5, 0.6) is 0 Å². The number of rotatable bonds is 3. The van der Waals surface area contributed by atoms with Crippen molar-refractivity contribution in [3.63, 3.8) is 0 Å². The van der Waals surface area contributed by atoms with E-state index in [1.807, 2.05) is 12.1 Å². The molecule has 0 saturated carbocycles. The normalized spacial score (nSPS) is 14.3. The molecule has 1 aromatic carbocycles. The van der Waals surface area contributed by atoms with Gasteiger partial charge in [0.1, 0.15) is 0 Å². The van der Waals surface area contributed by atoms with Crippen molar-refractivity contribution in [2.45, 2.75) is 0 Å². The molecule has 0 atom stereocenters. The Morgan fingerprint density at radius 2 is 1.71 bits per heavy atom. The van der Waals surface area contributed by atoms with Gasteiger partial charge in [0.05, 0.1) is 21.3 Å². The third-order valence-corrected chi connectivity index (χ3v) is 5.57. The first-order valence-corrected chi connectivity index (χ1v) is 9.74. The van der Waals surface area contributed by atoms with Crippen LogP contribution < -0.4 is 15.8 Å². The molecular formula is C20H19Cl2N5O. The maximum atomic E-state index is 13.4. The number of benzene rings is 1. The predicted octanol–water partition coefficient (Wildman–Crippen LogP) is 3.23. The number of piperazine rings is 1. The molecule has 0 bridgehead atoms. The maximum absolute atomic E-state index is 13.4. The number of hydrogen-bond donors (Lipinski definition) is 1. The lowest BCUT2D eigenvalue weighted by molar-refractivity contribution is 0.568. The fraction of sp³-hybridized carbons (Fsp3) is 0.250. The summed E-state index contributed by atoms with van der Waals surface area (Å²) in [6.45, 7) is 3.30. The molecule has 4 rings (SSSR count). The van der Waals surface area contributed by atoms with E-state index in [4.69, 9.17) is 28.2 Å². The highest BCUT2D eigenvalue weighted by molar-refractivity contribution is 6.42. The van der Waals surface area contributed by atoms with E-state index in [1.165, 1.54) is 0 Å². The van der Waals surface area contributed by atoms with Crippen LogP contribution in [0.25, 0.3) is 22.4 Å². The Kier molecular flexibility index (Phi) is 5.35. The van der Waals surface area contributed by atoms with E-state index < -0.39 is 0 Å². The number of nitrogens with one attached hydrogen (secondary N) is 1. The minimum Gasteiger partial charge on any atom is -0.340 e. The zero-order valence-electron chi connectivity index (χ0n) is 15.3. The molecule has 0 unspecified atom stereocenters. The van der Waals surface area contributed by atoms with Crippen LogP contribution in [0.1, 0.15) is 0 Å². The standard InChI is InChI=1S/C20H19Cl2N5O/c1-26-19(28)17(14-2-3-15(21)16(22)12-14)18(13-4-6-23-7-5-13)25-20(26)27-10-8-24-9-11-27/h2-7,12,24H,8-11H2,1H3. The summed E-state index contributed by atoms with van der Waals surface area (Å²) in [5, 5.41) is 4.16. The molecule has 1 aliphatic heterocycles. The van der Waals surface area contributed by atoms with Gasteiger partial charge in [-0.1, -0.05) is 29.3 Å². The third-order valence-electron chi connectivity index (χ3n) is 4.83. The predicted molar refractivity (Wildman–Crippen MR) is 113 cm³/mol. The number of aromatic nitrogens is 3. The fourth-order valence-corrected chi connectivity index (χ4v) is 3.67. The van der Waals surface area contributed by atoms with Gasteiger partial charge in [0.2, 0.25) is 5.95 Å². The average molecular weight is 416 g/mol. The first kappa shape index (κ1) is 18.9. The number of hydrogen-bond acceptors (Lipinski definition) is 5. The van der Waals surface area contributed by atoms with Crippen LogP contribution in [0, 0.1) is 0 Å². The zero-order valence-corrected chi connectivity index (χ0v) is 16.8. The number of anilines is 1. The molecule has 1 aliphatic rings. The molecule has 1 N–H and O–H groups in total. The van der Waals surface area contributed by atoms with E-state index in [2.05, 4.69) is 15.2 Å². The first-order chi connectivity index (χ1) is 13.6. The highest BCUT2D eigenvalue weighted by Crippen LogP contribution is 2.33. The maximum Gasteiger partial charge on any atom is 0.263 e. The van der Waals surface area contributed by atoms with Gasteiger partial charge in [0.15, 0.2) is 0 Å². The Hall–Kier alpha value is -2.41. The summed E-state index contributed by atoms with van der Waals surface area (Å²) < 4.78 is 1.61. The second-order valence-electron chi connectivity index (χ2n) is 6.60. The largest absolute Gasteiger partial charge is 0.340 e. The van der Waals surface area contributed by atoms with Crippen LogP contribution in [0.2, 0.25) is 10.0 Å². The molecule has 1 fully saturated rings. The highest BCUT2D eigenvalue weighted by Gasteiger charge is 2.22. The van der Waals surface area contributed by atoms with Crippen molar-refractivity contribution in [1.82, 2.24) is 19.9 Å². The molecule has 0 spiro atoms. The topological polar surface area (TPSA) is 63.1 Å². The smallest absolute Gasteiger partial charge is 0.263 e. The summed E-state index contributed by atoms with van der Waals surface area (Å²) in [5.41, 5.74) is 2.48. The molecule has 2 aromatic heterocycles. The van der Waals surface area contributed by atoms with Gasteiger partial charge in [-0.05, 0) is 29.8 Å². The second kappa shape index (κ2) is 7.91. The van der Waals surface area contributed by atoms with Gasteiger partial charge < -0.3 is 10.2 Å². The van der Waals surface area contributed by atoms with Gasteiger partial charge in [-0.25, -0.2) is 4.98 Å². The van der Waals surface area contributed by atoms with Gasteiger partial charge in [-0.3, -0.25) is 14.3 Å². The second-order valence-corrected chi connectivity index (χ2v) is 7.42. The molecular weight excluding hydrogens is 397 g/mol. The number of nitrogens with zero attached hydrogens (tertiary/aromatic N) is 4. The lowest BCUT2D eigenvalue weighted by atomic mass is 10.0. The van der Waals surface area contributed by atoms with Crippen LogP contribution in [0.15, 0.2) is 47.5 Å². The van der Waals surface area contributed by atoms with Gasteiger partial charge in [0.25, 0.3) is 5.56 Å². The molecule has 3 heterocycles. The van der Waals surface area contributed by atoms with Crippen LogP contribution in [-0.2, 0) is 7.05 Å². The van der Waals surface area contributed by atoms with Crippen molar-refractivity contribution in [3.05, 3.63) is 63.1 Å². The van der Waals surface area contributed by atoms with Crippen molar-refractivity contribution < 1.29 is 0 Å². The SMILES string of the molecule is Cn1c(N2CCNCC2)nc(-c2ccncc2)c(-c2ccc(Cl)c(Cl)c2)c1=O. The van der Waals surface area contributed by atoms with Crippen molar-refractivity contribution in [2.24, 2.45) is 7.05 Å². The quantitative estimate of drug-likeness (QED) is 0.711. The lowest BCUT2D eigenvalue weighted by Gasteiger charge is -2.30. The lowest BCUT2D eigenvalue weighted by Crippen LogP contribution is -2.46. The van der Waals surface area contributed by atoms with Crippen molar-refractivity contribution >= 4 is 29.2 Å². The van der Waals surface area contributed by atoms with E-state index in [-0.39, 0.29) is 5.56 Å². The minimum absolute atomic E-state index is 0.131. The summed E-state index contributed by atoms with van der Waals surface area (Å²) in [6.07, 6.45) is 3.38. The molecule has 0 amide bonds. The van der Waals surface area contributed by atoms with Crippen molar-refractivity contribution in [2.75, 3.05) is 31.1 Å². The highest BCUT2D eigenvalue weighted by atomic mass is 35.5. The Labute approximate surface area is 172 Å². The molecule has 6 nitrogen and oxygen atoms in total. The third kappa shape index (κ3) is 3.51. The average Bonchev–Trinajstić information content (AvgIpc) is 2.73. The van der Waals surface area contributed by atoms with Gasteiger partial charge in [-0.15, -0.1) is 0 Å². The monoisotopic (exact) mass is 415 g/mol. The van der Waals surface area contributed by atoms with Gasteiger partial charge >= 0.3 is 0 Å². The molecule has 1 saturated heterocycles. The molecule has 8 heteroatoms. The van der Waals surface area contributed by atoms with Crippen LogP contribution in [0.3, 0.4) is 0 Å². The van der Waals surface area contributed by atoms with E-state index in [9.17, 15) is 4.79 Å². The first-order valence-electron chi connectivity index (χ1n) is 8.99. The van der Waals surface area contributed by atoms with Gasteiger partial charge in [-0.2, -0.15) is 0 Å². The van der Waals surface area contributed by atoms with Crippen molar-refractivity contribution in [1.29, 1.82) is 0 Å². The Morgan fingerprint density at radius 1 is 1.00 bits per heavy atom. The summed E-state index contributed by atoms with van der Waals surface area (Å²) in [4.78, 5) is 24.5. The van der Waals surface area contributed by atoms with E-state index >= 15 is 0 Å². The van der Waals surface area contributed by atoms with Crippen LogP contribution >= 0.6 is 23.2 Å². The summed E-state index contributed by atoms with van der Waals surface area (Å²) >= 11 is 12.3. The van der Waals surface area contributed by atoms with Crippen LogP contribution in [-0.4, -0.2) is 40.7 Å². The number of pyridine rings is 1. The van der Waals surface area contributed by atoms with Gasteiger partial charge in [0, 0.05) is 51.2 Å². The Bertz CT molecular complexity index is 1060. The molecule has 0 aliphatic carbocycles. The summed E-state index contributed by atoms with van der Waals surface area (Å²) in [5.74, 6) is 0.655. The summed E-state index contributed by atoms with van der Waals surface area (Å²) in [6, 6.07) is 8.90. The molecule has 3 aromatic rings. The van der Waals surface area contributed by atoms with E-state index in [0.717, 1.165) is 31.7 Å². The Balaban J connectivity index is 1.97. The molecule has 144 valence electrons. The van der Waals surface area contributed by atoms with E-state index in [0.29, 0.717) is 32.8 Å². The number of halogens is 2. The van der Waals surface area contributed by atoms with E-state index in [1.54, 1.807) is 42.2 Å². The molecule has 0 radical (unpaired) electrons. The van der Waals surface area contributed by atoms with Crippen LogP contribution in [0.4, 0.5) is 5.95 Å². The molecule has 28 heavy (non-hydrogen) atoms. The Morgan fingerprint density at radius 3 is 2.39 bits per heavy atom. The minimum atomic E-state index is -0.131. The fourth-order valence-electron chi connectivity index (χ4n) is 3.37. The summed E-state index contributed by atoms with van der Waals surface area (Å²) in [7, 11) is 1.75. The zero-order chi connectivity index (χ0) is 19.7.